The maximum atomic E-state index is 10.2. The number of hydrogen-bond donors (Lipinski definition) is 1. The average molecular weight is 158 g/mol. The molecule has 1 saturated heterocycles. The molecule has 1 fully saturated rings. The lowest BCUT2D eigenvalue weighted by atomic mass is 10.1. The predicted octanol–water partition coefficient (Wildman–Crippen LogP) is 0.264. The van der Waals surface area contributed by atoms with Gasteiger partial charge in [0, 0.05) is 6.54 Å². The first-order valence-corrected chi connectivity index (χ1v) is 4.31. The van der Waals surface area contributed by atoms with Crippen molar-refractivity contribution in [2.24, 2.45) is 0 Å². The Morgan fingerprint density at radius 1 is 1.27 bits per heavy atom. The Balaban J connectivity index is 2.13. The van der Waals surface area contributed by atoms with Gasteiger partial charge in [-0.2, -0.15) is 0 Å². The third-order valence-electron chi connectivity index (χ3n) is 2.11. The SMILES string of the molecule is [O]C[C@H](O)CN1CCCCC1. The number of aliphatic hydroxyl groups is 1. The molecule has 0 aromatic rings. The van der Waals surface area contributed by atoms with Gasteiger partial charge in [-0.1, -0.05) is 6.42 Å². The van der Waals surface area contributed by atoms with E-state index in [1.165, 1.54) is 19.3 Å². The van der Waals surface area contributed by atoms with Gasteiger partial charge in [-0.3, -0.25) is 0 Å². The van der Waals surface area contributed by atoms with E-state index in [0.717, 1.165) is 13.1 Å². The summed E-state index contributed by atoms with van der Waals surface area (Å²) in [5.74, 6) is 0. The number of nitrogens with zero attached hydrogens (tertiary/aromatic N) is 1. The van der Waals surface area contributed by atoms with Crippen LogP contribution in [0, 0.1) is 0 Å². The molecule has 1 aliphatic rings. The van der Waals surface area contributed by atoms with Gasteiger partial charge in [0.25, 0.3) is 0 Å². The summed E-state index contributed by atoms with van der Waals surface area (Å²) in [4.78, 5) is 2.17. The smallest absolute Gasteiger partial charge is 0.109 e. The second kappa shape index (κ2) is 4.70. The van der Waals surface area contributed by atoms with Gasteiger partial charge < -0.3 is 10.0 Å². The van der Waals surface area contributed by atoms with Crippen LogP contribution in [0.4, 0.5) is 0 Å². The number of rotatable bonds is 3. The second-order valence-corrected chi connectivity index (χ2v) is 3.18. The highest BCUT2D eigenvalue weighted by Crippen LogP contribution is 2.08. The lowest BCUT2D eigenvalue weighted by Crippen LogP contribution is -2.37. The molecule has 0 bridgehead atoms. The molecular weight excluding hydrogens is 142 g/mol. The molecule has 0 spiro atoms. The summed E-state index contributed by atoms with van der Waals surface area (Å²) in [5.41, 5.74) is 0. The van der Waals surface area contributed by atoms with Crippen molar-refractivity contribution >= 4 is 0 Å². The second-order valence-electron chi connectivity index (χ2n) is 3.18. The third-order valence-corrected chi connectivity index (χ3v) is 2.11. The summed E-state index contributed by atoms with van der Waals surface area (Å²) in [6.45, 7) is 2.31. The molecule has 0 saturated carbocycles. The van der Waals surface area contributed by atoms with Gasteiger partial charge in [0.1, 0.15) is 6.61 Å². The first-order valence-electron chi connectivity index (χ1n) is 4.31. The molecule has 1 rings (SSSR count). The monoisotopic (exact) mass is 158 g/mol. The Bertz CT molecular complexity index is 102. The van der Waals surface area contributed by atoms with Crippen molar-refractivity contribution in [1.82, 2.24) is 4.90 Å². The minimum absolute atomic E-state index is 0.365. The minimum atomic E-state index is -0.659. The first-order chi connectivity index (χ1) is 5.33. The number of β-amino-alcohol motifs (C(OH)–C–C–N with tert-alkyl or cyclic N) is 1. The van der Waals surface area contributed by atoms with E-state index < -0.39 is 6.10 Å². The Morgan fingerprint density at radius 2 is 1.91 bits per heavy atom. The summed E-state index contributed by atoms with van der Waals surface area (Å²) in [6.07, 6.45) is 3.06. The molecule has 11 heavy (non-hydrogen) atoms. The largest absolute Gasteiger partial charge is 0.389 e. The van der Waals surface area contributed by atoms with E-state index in [1.807, 2.05) is 0 Å². The molecule has 0 aromatic carbocycles. The van der Waals surface area contributed by atoms with E-state index in [2.05, 4.69) is 4.90 Å². The van der Waals surface area contributed by atoms with Crippen molar-refractivity contribution in [3.63, 3.8) is 0 Å². The molecule has 1 heterocycles. The minimum Gasteiger partial charge on any atom is -0.389 e. The van der Waals surface area contributed by atoms with Crippen LogP contribution in [0.1, 0.15) is 19.3 Å². The van der Waals surface area contributed by atoms with Crippen LogP contribution < -0.4 is 0 Å². The normalized spacial score (nSPS) is 23.5. The Morgan fingerprint density at radius 3 is 2.45 bits per heavy atom. The molecule has 0 unspecified atom stereocenters. The number of likely N-dealkylation sites (tertiary alicyclic amines) is 1. The standard InChI is InChI=1S/C8H16NO2/c10-7-8(11)6-9-4-2-1-3-5-9/h8,11H,1-7H2/t8-/m1/s1. The molecule has 1 atom stereocenters. The third kappa shape index (κ3) is 3.18. The molecule has 3 nitrogen and oxygen atoms in total. The fourth-order valence-corrected chi connectivity index (χ4v) is 1.49. The van der Waals surface area contributed by atoms with Crippen LogP contribution in [0.3, 0.4) is 0 Å². The molecule has 3 heteroatoms. The van der Waals surface area contributed by atoms with Crippen LogP contribution >= 0.6 is 0 Å². The summed E-state index contributed by atoms with van der Waals surface area (Å²) in [7, 11) is 0. The van der Waals surface area contributed by atoms with Crippen molar-refractivity contribution in [3.8, 4) is 0 Å². The van der Waals surface area contributed by atoms with Gasteiger partial charge in [-0.05, 0) is 25.9 Å². The van der Waals surface area contributed by atoms with Gasteiger partial charge in [-0.25, -0.2) is 5.11 Å². The lowest BCUT2D eigenvalue weighted by molar-refractivity contribution is 0.0258. The maximum absolute atomic E-state index is 10.2. The quantitative estimate of drug-likeness (QED) is 0.640. The van der Waals surface area contributed by atoms with Crippen LogP contribution in [0.25, 0.3) is 0 Å². The van der Waals surface area contributed by atoms with Crippen molar-refractivity contribution in [2.45, 2.75) is 25.4 Å². The molecule has 0 amide bonds. The van der Waals surface area contributed by atoms with Crippen molar-refractivity contribution in [3.05, 3.63) is 0 Å². The zero-order valence-electron chi connectivity index (χ0n) is 6.83. The summed E-state index contributed by atoms with van der Waals surface area (Å²) < 4.78 is 0. The highest BCUT2D eigenvalue weighted by atomic mass is 16.3. The van der Waals surface area contributed by atoms with Crippen LogP contribution in [0.2, 0.25) is 0 Å². The van der Waals surface area contributed by atoms with Gasteiger partial charge in [-0.15, -0.1) is 0 Å². The van der Waals surface area contributed by atoms with Gasteiger partial charge >= 0.3 is 0 Å². The summed E-state index contributed by atoms with van der Waals surface area (Å²) >= 11 is 0. The molecule has 1 aliphatic heterocycles. The first kappa shape index (κ1) is 8.97. The van der Waals surface area contributed by atoms with E-state index in [-0.39, 0.29) is 6.61 Å². The zero-order valence-corrected chi connectivity index (χ0v) is 6.83. The Hall–Kier alpha value is -0.120. The Labute approximate surface area is 67.6 Å². The zero-order chi connectivity index (χ0) is 8.10. The fourth-order valence-electron chi connectivity index (χ4n) is 1.49. The van der Waals surface area contributed by atoms with E-state index in [0.29, 0.717) is 6.54 Å². The summed E-state index contributed by atoms with van der Waals surface area (Å²) in [6, 6.07) is 0. The van der Waals surface area contributed by atoms with Gasteiger partial charge in [0.2, 0.25) is 0 Å². The van der Waals surface area contributed by atoms with E-state index in [4.69, 9.17) is 5.11 Å². The van der Waals surface area contributed by atoms with Crippen molar-refractivity contribution in [1.29, 1.82) is 0 Å². The van der Waals surface area contributed by atoms with Crippen molar-refractivity contribution in [2.75, 3.05) is 26.2 Å². The Kier molecular flexibility index (Phi) is 3.83. The summed E-state index contributed by atoms with van der Waals surface area (Å²) in [5, 5.41) is 19.3. The van der Waals surface area contributed by atoms with Crippen LogP contribution in [0.15, 0.2) is 0 Å². The maximum Gasteiger partial charge on any atom is 0.109 e. The highest BCUT2D eigenvalue weighted by molar-refractivity contribution is 4.67. The fraction of sp³-hybridized carbons (Fsp3) is 1.00. The molecule has 0 aromatic heterocycles. The molecule has 1 radical (unpaired) electrons. The van der Waals surface area contributed by atoms with Gasteiger partial charge in [0.15, 0.2) is 0 Å². The van der Waals surface area contributed by atoms with E-state index >= 15 is 0 Å². The average Bonchev–Trinajstić information content (AvgIpc) is 2.06. The number of hydrogen-bond acceptors (Lipinski definition) is 2. The van der Waals surface area contributed by atoms with Crippen LogP contribution in [-0.4, -0.2) is 42.4 Å². The number of aliphatic hydroxyl groups excluding tert-OH is 1. The van der Waals surface area contributed by atoms with Crippen molar-refractivity contribution < 1.29 is 10.2 Å². The van der Waals surface area contributed by atoms with E-state index in [9.17, 15) is 5.11 Å². The van der Waals surface area contributed by atoms with E-state index in [1.54, 1.807) is 0 Å². The van der Waals surface area contributed by atoms with Crippen LogP contribution in [-0.2, 0) is 5.11 Å². The number of piperidine rings is 1. The topological polar surface area (TPSA) is 43.4 Å². The molecule has 0 aliphatic carbocycles. The highest BCUT2D eigenvalue weighted by Gasteiger charge is 2.13. The molecule has 1 N–H and O–H groups in total. The van der Waals surface area contributed by atoms with Gasteiger partial charge in [0.05, 0.1) is 6.10 Å². The predicted molar refractivity (Wildman–Crippen MR) is 41.9 cm³/mol. The van der Waals surface area contributed by atoms with Crippen LogP contribution in [0.5, 0.6) is 0 Å². The molecular formula is C8H16NO2. The lowest BCUT2D eigenvalue weighted by Gasteiger charge is -2.27. The molecule has 65 valence electrons.